The first-order chi connectivity index (χ1) is 8.02. The predicted molar refractivity (Wildman–Crippen MR) is 70.7 cm³/mol. The smallest absolute Gasteiger partial charge is 0.161 e. The summed E-state index contributed by atoms with van der Waals surface area (Å²) in [4.78, 5) is 0. The molecule has 0 radical (unpaired) electrons. The molecule has 0 unspecified atom stereocenters. The molecular formula is C14H23NO2. The highest BCUT2D eigenvalue weighted by atomic mass is 16.5. The third-order valence-corrected chi connectivity index (χ3v) is 2.76. The summed E-state index contributed by atoms with van der Waals surface area (Å²) in [6, 6.07) is 6.06. The van der Waals surface area contributed by atoms with E-state index in [9.17, 15) is 0 Å². The van der Waals surface area contributed by atoms with Crippen molar-refractivity contribution >= 4 is 0 Å². The summed E-state index contributed by atoms with van der Waals surface area (Å²) in [6.45, 7) is 7.61. The molecule has 0 saturated heterocycles. The Kier molecular flexibility index (Phi) is 4.82. The Bertz CT molecular complexity index is 361. The van der Waals surface area contributed by atoms with Crippen LogP contribution in [0.3, 0.4) is 0 Å². The second kappa shape index (κ2) is 5.92. The third-order valence-electron chi connectivity index (χ3n) is 2.76. The Morgan fingerprint density at radius 2 is 1.94 bits per heavy atom. The van der Waals surface area contributed by atoms with E-state index in [1.54, 1.807) is 7.11 Å². The molecule has 0 fully saturated rings. The highest BCUT2D eigenvalue weighted by molar-refractivity contribution is 5.43. The maximum atomic E-state index is 5.75. The van der Waals surface area contributed by atoms with Gasteiger partial charge in [0.2, 0.25) is 0 Å². The van der Waals surface area contributed by atoms with Crippen molar-refractivity contribution in [1.29, 1.82) is 0 Å². The lowest BCUT2D eigenvalue weighted by Gasteiger charge is -2.22. The molecule has 0 bridgehead atoms. The summed E-state index contributed by atoms with van der Waals surface area (Å²) in [7, 11) is 1.65. The Morgan fingerprint density at radius 3 is 2.47 bits per heavy atom. The Hall–Kier alpha value is -1.22. The summed E-state index contributed by atoms with van der Waals surface area (Å²) in [6.07, 6.45) is 0.938. The summed E-state index contributed by atoms with van der Waals surface area (Å²) in [5, 5.41) is 0. The van der Waals surface area contributed by atoms with Crippen LogP contribution in [0.2, 0.25) is 0 Å². The minimum absolute atomic E-state index is 0.109. The molecule has 0 atom stereocenters. The Labute approximate surface area is 104 Å². The number of rotatable bonds is 6. The van der Waals surface area contributed by atoms with Crippen molar-refractivity contribution in [3.63, 3.8) is 0 Å². The van der Waals surface area contributed by atoms with Gasteiger partial charge < -0.3 is 15.2 Å². The SMILES string of the molecule is CCOc1cc(CC(C)(C)CN)ccc1OC. The van der Waals surface area contributed by atoms with E-state index in [1.807, 2.05) is 19.1 Å². The Morgan fingerprint density at radius 1 is 1.24 bits per heavy atom. The van der Waals surface area contributed by atoms with Gasteiger partial charge in [0.25, 0.3) is 0 Å². The quantitative estimate of drug-likeness (QED) is 0.827. The molecule has 1 rings (SSSR count). The largest absolute Gasteiger partial charge is 0.493 e. The zero-order valence-electron chi connectivity index (χ0n) is 11.2. The van der Waals surface area contributed by atoms with Crippen LogP contribution in [0, 0.1) is 5.41 Å². The molecule has 0 spiro atoms. The number of nitrogens with two attached hydrogens (primary N) is 1. The van der Waals surface area contributed by atoms with E-state index in [0.717, 1.165) is 17.9 Å². The zero-order chi connectivity index (χ0) is 12.9. The second-order valence-corrected chi connectivity index (χ2v) is 4.96. The van der Waals surface area contributed by atoms with Crippen molar-refractivity contribution in [3.8, 4) is 11.5 Å². The maximum Gasteiger partial charge on any atom is 0.161 e. The van der Waals surface area contributed by atoms with Crippen molar-refractivity contribution in [3.05, 3.63) is 23.8 Å². The molecule has 0 aliphatic rings. The first-order valence-corrected chi connectivity index (χ1v) is 6.02. The standard InChI is InChI=1S/C14H23NO2/c1-5-17-13-8-11(6-7-12(13)16-4)9-14(2,3)10-15/h6-8H,5,9-10,15H2,1-4H3. The number of benzene rings is 1. The topological polar surface area (TPSA) is 44.5 Å². The molecule has 96 valence electrons. The van der Waals surface area contributed by atoms with Gasteiger partial charge >= 0.3 is 0 Å². The van der Waals surface area contributed by atoms with E-state index < -0.39 is 0 Å². The monoisotopic (exact) mass is 237 g/mol. The minimum atomic E-state index is 0.109. The molecule has 0 aliphatic heterocycles. The summed E-state index contributed by atoms with van der Waals surface area (Å²) >= 11 is 0. The van der Waals surface area contributed by atoms with Crippen LogP contribution < -0.4 is 15.2 Å². The zero-order valence-corrected chi connectivity index (χ0v) is 11.2. The number of ether oxygens (including phenoxy) is 2. The molecule has 2 N–H and O–H groups in total. The summed E-state index contributed by atoms with van der Waals surface area (Å²) in [5.74, 6) is 1.58. The van der Waals surface area contributed by atoms with Gasteiger partial charge in [0, 0.05) is 0 Å². The molecular weight excluding hydrogens is 214 g/mol. The van der Waals surface area contributed by atoms with Crippen LogP contribution in [0.4, 0.5) is 0 Å². The van der Waals surface area contributed by atoms with Gasteiger partial charge in [-0.05, 0) is 43.0 Å². The lowest BCUT2D eigenvalue weighted by Crippen LogP contribution is -2.25. The molecule has 3 nitrogen and oxygen atoms in total. The van der Waals surface area contributed by atoms with Gasteiger partial charge in [0.05, 0.1) is 13.7 Å². The van der Waals surface area contributed by atoms with Crippen molar-refractivity contribution in [2.75, 3.05) is 20.3 Å². The van der Waals surface area contributed by atoms with E-state index in [0.29, 0.717) is 13.2 Å². The molecule has 1 aromatic rings. The fourth-order valence-corrected chi connectivity index (χ4v) is 1.72. The van der Waals surface area contributed by atoms with Gasteiger partial charge in [-0.25, -0.2) is 0 Å². The first kappa shape index (κ1) is 13.8. The van der Waals surface area contributed by atoms with E-state index in [1.165, 1.54) is 5.56 Å². The van der Waals surface area contributed by atoms with Crippen LogP contribution in [0.15, 0.2) is 18.2 Å². The molecule has 0 amide bonds. The van der Waals surface area contributed by atoms with Gasteiger partial charge in [0.15, 0.2) is 11.5 Å². The first-order valence-electron chi connectivity index (χ1n) is 6.02. The lowest BCUT2D eigenvalue weighted by atomic mass is 9.86. The average Bonchev–Trinajstić information content (AvgIpc) is 2.29. The van der Waals surface area contributed by atoms with Gasteiger partial charge in [-0.1, -0.05) is 19.9 Å². The number of hydrogen-bond acceptors (Lipinski definition) is 3. The molecule has 0 aliphatic carbocycles. The minimum Gasteiger partial charge on any atom is -0.493 e. The Balaban J connectivity index is 2.91. The molecule has 0 heterocycles. The molecule has 0 aromatic heterocycles. The van der Waals surface area contributed by atoms with Crippen LogP contribution in [0.5, 0.6) is 11.5 Å². The highest BCUT2D eigenvalue weighted by Crippen LogP contribution is 2.30. The van der Waals surface area contributed by atoms with Gasteiger partial charge in [0.1, 0.15) is 0 Å². The fourth-order valence-electron chi connectivity index (χ4n) is 1.72. The van der Waals surface area contributed by atoms with Crippen molar-refractivity contribution in [2.24, 2.45) is 11.1 Å². The molecule has 1 aromatic carbocycles. The fraction of sp³-hybridized carbons (Fsp3) is 0.571. The summed E-state index contributed by atoms with van der Waals surface area (Å²) in [5.41, 5.74) is 7.09. The second-order valence-electron chi connectivity index (χ2n) is 4.96. The normalized spacial score (nSPS) is 11.4. The van der Waals surface area contributed by atoms with E-state index in [-0.39, 0.29) is 5.41 Å². The highest BCUT2D eigenvalue weighted by Gasteiger charge is 2.17. The lowest BCUT2D eigenvalue weighted by molar-refractivity contribution is 0.309. The summed E-state index contributed by atoms with van der Waals surface area (Å²) < 4.78 is 10.8. The predicted octanol–water partition coefficient (Wildman–Crippen LogP) is 2.62. The number of methoxy groups -OCH3 is 1. The van der Waals surface area contributed by atoms with E-state index >= 15 is 0 Å². The van der Waals surface area contributed by atoms with Crippen molar-refractivity contribution in [1.82, 2.24) is 0 Å². The van der Waals surface area contributed by atoms with E-state index in [4.69, 9.17) is 15.2 Å². The maximum absolute atomic E-state index is 5.75. The molecule has 0 saturated carbocycles. The molecule has 17 heavy (non-hydrogen) atoms. The van der Waals surface area contributed by atoms with Crippen LogP contribution >= 0.6 is 0 Å². The molecule has 3 heteroatoms. The van der Waals surface area contributed by atoms with E-state index in [2.05, 4.69) is 19.9 Å². The van der Waals surface area contributed by atoms with Gasteiger partial charge in [-0.15, -0.1) is 0 Å². The van der Waals surface area contributed by atoms with Crippen LogP contribution in [0.25, 0.3) is 0 Å². The van der Waals surface area contributed by atoms with Crippen LogP contribution in [0.1, 0.15) is 26.3 Å². The number of hydrogen-bond donors (Lipinski definition) is 1. The average molecular weight is 237 g/mol. The van der Waals surface area contributed by atoms with Crippen molar-refractivity contribution < 1.29 is 9.47 Å². The van der Waals surface area contributed by atoms with Crippen LogP contribution in [-0.4, -0.2) is 20.3 Å². The van der Waals surface area contributed by atoms with Gasteiger partial charge in [-0.3, -0.25) is 0 Å². The van der Waals surface area contributed by atoms with Crippen molar-refractivity contribution in [2.45, 2.75) is 27.2 Å². The third kappa shape index (κ3) is 3.93. The van der Waals surface area contributed by atoms with Gasteiger partial charge in [-0.2, -0.15) is 0 Å². The van der Waals surface area contributed by atoms with Crippen LogP contribution in [-0.2, 0) is 6.42 Å².